The maximum absolute atomic E-state index is 13.8. The van der Waals surface area contributed by atoms with Crippen LogP contribution in [0.2, 0.25) is 0 Å². The van der Waals surface area contributed by atoms with Crippen LogP contribution in [-0.4, -0.2) is 22.1 Å². The number of para-hydroxylation sites is 1. The average molecular weight is 418 g/mol. The molecule has 5 nitrogen and oxygen atoms in total. The van der Waals surface area contributed by atoms with E-state index < -0.39 is 12.0 Å². The molecule has 158 valence electrons. The van der Waals surface area contributed by atoms with E-state index >= 15 is 0 Å². The minimum Gasteiger partial charge on any atom is -0.489 e. The lowest BCUT2D eigenvalue weighted by Crippen LogP contribution is -2.38. The van der Waals surface area contributed by atoms with Gasteiger partial charge in [0.2, 0.25) is 0 Å². The third-order valence-corrected chi connectivity index (χ3v) is 5.20. The summed E-state index contributed by atoms with van der Waals surface area (Å²) in [4.78, 5) is 15.0. The zero-order chi connectivity index (χ0) is 21.6. The molecule has 0 aliphatic heterocycles. The normalized spacial score (nSPS) is 12.0. The van der Waals surface area contributed by atoms with E-state index in [2.05, 4.69) is 10.3 Å². The summed E-state index contributed by atoms with van der Waals surface area (Å²) >= 11 is 0. The SMILES string of the molecule is O=C(O)[C@H](Cc1c[nH]c2ccccc12)NCc1cccc(OCc2ccccc2F)c1. The minimum atomic E-state index is -0.905. The predicted octanol–water partition coefficient (Wildman–Crippen LogP) is 4.67. The number of aromatic nitrogens is 1. The molecule has 0 radical (unpaired) electrons. The first-order valence-corrected chi connectivity index (χ1v) is 10.1. The van der Waals surface area contributed by atoms with Crippen molar-refractivity contribution in [2.24, 2.45) is 0 Å². The number of aliphatic carboxylic acids is 1. The number of carboxylic acid groups (broad SMARTS) is 1. The van der Waals surface area contributed by atoms with Gasteiger partial charge in [0.1, 0.15) is 24.2 Å². The minimum absolute atomic E-state index is 0.127. The van der Waals surface area contributed by atoms with Crippen LogP contribution in [0.5, 0.6) is 5.75 Å². The largest absolute Gasteiger partial charge is 0.489 e. The predicted molar refractivity (Wildman–Crippen MR) is 117 cm³/mol. The smallest absolute Gasteiger partial charge is 0.321 e. The molecule has 1 heterocycles. The van der Waals surface area contributed by atoms with Crippen molar-refractivity contribution in [2.75, 3.05) is 0 Å². The van der Waals surface area contributed by atoms with E-state index in [9.17, 15) is 14.3 Å². The highest BCUT2D eigenvalue weighted by molar-refractivity contribution is 5.84. The molecule has 4 rings (SSSR count). The number of carboxylic acids is 1. The zero-order valence-corrected chi connectivity index (χ0v) is 16.8. The number of hydrogen-bond acceptors (Lipinski definition) is 3. The van der Waals surface area contributed by atoms with Crippen molar-refractivity contribution in [1.29, 1.82) is 0 Å². The lowest BCUT2D eigenvalue weighted by Gasteiger charge is -2.15. The van der Waals surface area contributed by atoms with E-state index in [1.54, 1.807) is 24.3 Å². The highest BCUT2D eigenvalue weighted by Crippen LogP contribution is 2.20. The van der Waals surface area contributed by atoms with Crippen LogP contribution in [0.25, 0.3) is 10.9 Å². The quantitative estimate of drug-likeness (QED) is 0.369. The van der Waals surface area contributed by atoms with E-state index in [-0.39, 0.29) is 12.4 Å². The molecule has 1 atom stereocenters. The van der Waals surface area contributed by atoms with E-state index in [0.717, 1.165) is 22.0 Å². The van der Waals surface area contributed by atoms with Crippen molar-refractivity contribution in [3.05, 3.63) is 102 Å². The highest BCUT2D eigenvalue weighted by atomic mass is 19.1. The molecular formula is C25H23FN2O3. The topological polar surface area (TPSA) is 74.3 Å². The second-order valence-electron chi connectivity index (χ2n) is 7.36. The fraction of sp³-hybridized carbons (Fsp3) is 0.160. The molecule has 0 fully saturated rings. The van der Waals surface area contributed by atoms with E-state index in [4.69, 9.17) is 4.74 Å². The van der Waals surface area contributed by atoms with E-state index in [0.29, 0.717) is 24.3 Å². The molecule has 6 heteroatoms. The third-order valence-electron chi connectivity index (χ3n) is 5.20. The van der Waals surface area contributed by atoms with Gasteiger partial charge in [0.05, 0.1) is 0 Å². The Kier molecular flexibility index (Phi) is 6.29. The van der Waals surface area contributed by atoms with Gasteiger partial charge in [-0.25, -0.2) is 4.39 Å². The first-order chi connectivity index (χ1) is 15.1. The molecule has 0 amide bonds. The standard InChI is InChI=1S/C25H23FN2O3/c26-22-10-3-1-7-18(22)16-31-20-8-5-6-17(12-20)14-27-24(25(29)30)13-19-15-28-23-11-4-2-9-21(19)23/h1-12,15,24,27-28H,13-14,16H2,(H,29,30)/t24-/m0/s1. The molecule has 3 N–H and O–H groups in total. The Balaban J connectivity index is 1.39. The number of H-pyrrole nitrogens is 1. The summed E-state index contributed by atoms with van der Waals surface area (Å²) in [5.41, 5.74) is 3.31. The van der Waals surface area contributed by atoms with Gasteiger partial charge in [0, 0.05) is 35.6 Å². The van der Waals surface area contributed by atoms with Crippen molar-refractivity contribution < 1.29 is 19.0 Å². The van der Waals surface area contributed by atoms with Gasteiger partial charge >= 0.3 is 5.97 Å². The molecular weight excluding hydrogens is 395 g/mol. The van der Waals surface area contributed by atoms with Crippen molar-refractivity contribution in [2.45, 2.75) is 25.6 Å². The number of rotatable bonds is 9. The average Bonchev–Trinajstić information content (AvgIpc) is 3.19. The van der Waals surface area contributed by atoms with Crippen LogP contribution in [0.15, 0.2) is 79.0 Å². The third kappa shape index (κ3) is 5.10. The second-order valence-corrected chi connectivity index (χ2v) is 7.36. The Morgan fingerprint density at radius 1 is 1.03 bits per heavy atom. The number of hydrogen-bond donors (Lipinski definition) is 3. The molecule has 0 saturated carbocycles. The fourth-order valence-electron chi connectivity index (χ4n) is 3.53. The van der Waals surface area contributed by atoms with Crippen LogP contribution in [0.4, 0.5) is 4.39 Å². The molecule has 0 aliphatic carbocycles. The number of carbonyl (C=O) groups is 1. The number of fused-ring (bicyclic) bond motifs is 1. The Bertz CT molecular complexity index is 1190. The van der Waals surface area contributed by atoms with Crippen LogP contribution in [0.3, 0.4) is 0 Å². The van der Waals surface area contributed by atoms with Crippen LogP contribution >= 0.6 is 0 Å². The molecule has 0 unspecified atom stereocenters. The van der Waals surface area contributed by atoms with Crippen LogP contribution in [0.1, 0.15) is 16.7 Å². The number of nitrogens with one attached hydrogen (secondary N) is 2. The van der Waals surface area contributed by atoms with Gasteiger partial charge < -0.3 is 20.1 Å². The summed E-state index contributed by atoms with van der Waals surface area (Å²) in [7, 11) is 0. The van der Waals surface area contributed by atoms with Crippen LogP contribution in [0, 0.1) is 5.82 Å². The lowest BCUT2D eigenvalue weighted by atomic mass is 10.0. The van der Waals surface area contributed by atoms with Gasteiger partial charge in [-0.05, 0) is 35.4 Å². The molecule has 4 aromatic rings. The van der Waals surface area contributed by atoms with Crippen LogP contribution < -0.4 is 10.1 Å². The monoisotopic (exact) mass is 418 g/mol. The van der Waals surface area contributed by atoms with Gasteiger partial charge in [0.15, 0.2) is 0 Å². The van der Waals surface area contributed by atoms with Crippen molar-refractivity contribution >= 4 is 16.9 Å². The lowest BCUT2D eigenvalue weighted by molar-refractivity contribution is -0.139. The number of halogens is 1. The first kappa shape index (κ1) is 20.6. The highest BCUT2D eigenvalue weighted by Gasteiger charge is 2.19. The molecule has 0 saturated heterocycles. The van der Waals surface area contributed by atoms with Crippen molar-refractivity contribution in [3.8, 4) is 5.75 Å². The van der Waals surface area contributed by atoms with Gasteiger partial charge in [-0.15, -0.1) is 0 Å². The summed E-state index contributed by atoms with van der Waals surface area (Å²) in [6, 6.07) is 20.9. The van der Waals surface area contributed by atoms with Crippen LogP contribution in [-0.2, 0) is 24.4 Å². The Hall–Kier alpha value is -3.64. The summed E-state index contributed by atoms with van der Waals surface area (Å²) in [5.74, 6) is -0.606. The van der Waals surface area contributed by atoms with Crippen molar-refractivity contribution in [3.63, 3.8) is 0 Å². The van der Waals surface area contributed by atoms with E-state index in [1.165, 1.54) is 6.07 Å². The molecule has 1 aromatic heterocycles. The second kappa shape index (κ2) is 9.45. The molecule has 0 spiro atoms. The Labute approximate surface area is 179 Å². The Morgan fingerprint density at radius 3 is 2.68 bits per heavy atom. The Morgan fingerprint density at radius 2 is 1.84 bits per heavy atom. The number of benzene rings is 3. The summed E-state index contributed by atoms with van der Waals surface area (Å²) in [6.07, 6.45) is 2.22. The number of ether oxygens (including phenoxy) is 1. The van der Waals surface area contributed by atoms with Gasteiger partial charge in [-0.3, -0.25) is 4.79 Å². The summed E-state index contributed by atoms with van der Waals surface area (Å²) in [6.45, 7) is 0.498. The number of aromatic amines is 1. The van der Waals surface area contributed by atoms with Crippen molar-refractivity contribution in [1.82, 2.24) is 10.3 Å². The maximum atomic E-state index is 13.8. The zero-order valence-electron chi connectivity index (χ0n) is 16.8. The van der Waals surface area contributed by atoms with Gasteiger partial charge in [-0.1, -0.05) is 48.5 Å². The molecule has 31 heavy (non-hydrogen) atoms. The molecule has 3 aromatic carbocycles. The first-order valence-electron chi connectivity index (χ1n) is 10.1. The molecule has 0 bridgehead atoms. The summed E-state index contributed by atoms with van der Waals surface area (Å²) in [5, 5.41) is 13.8. The van der Waals surface area contributed by atoms with Gasteiger partial charge in [-0.2, -0.15) is 0 Å². The molecule has 0 aliphatic rings. The van der Waals surface area contributed by atoms with Gasteiger partial charge in [0.25, 0.3) is 0 Å². The fourth-order valence-corrected chi connectivity index (χ4v) is 3.53. The maximum Gasteiger partial charge on any atom is 0.321 e. The van der Waals surface area contributed by atoms with E-state index in [1.807, 2.05) is 48.7 Å². The summed E-state index contributed by atoms with van der Waals surface area (Å²) < 4.78 is 19.5.